The number of carbonyl (C=O) groups is 1. The maximum Gasteiger partial charge on any atom is 0.328 e. The Labute approximate surface area is 166 Å². The summed E-state index contributed by atoms with van der Waals surface area (Å²) >= 11 is 0. The zero-order chi connectivity index (χ0) is 20.4. The molecular formula is C22H22FN3O3. The molecule has 0 saturated carbocycles. The van der Waals surface area contributed by atoms with Crippen LogP contribution >= 0.6 is 0 Å². The highest BCUT2D eigenvalue weighted by atomic mass is 18.2. The van der Waals surface area contributed by atoms with E-state index in [0.717, 1.165) is 13.1 Å². The molecule has 1 aromatic heterocycles. The van der Waals surface area contributed by atoms with Crippen LogP contribution in [0.5, 0.6) is 0 Å². The van der Waals surface area contributed by atoms with Gasteiger partial charge >= 0.3 is 5.69 Å². The van der Waals surface area contributed by atoms with Gasteiger partial charge in [-0.2, -0.15) is 0 Å². The summed E-state index contributed by atoms with van der Waals surface area (Å²) in [5, 5.41) is 0.496. The molecule has 29 heavy (non-hydrogen) atoms. The number of benzene rings is 2. The zero-order valence-electron chi connectivity index (χ0n) is 15.9. The van der Waals surface area contributed by atoms with Gasteiger partial charge in [0.1, 0.15) is 5.82 Å². The fourth-order valence-electron chi connectivity index (χ4n) is 3.91. The first kappa shape index (κ1) is 19.3. The molecule has 6 nitrogen and oxygen atoms in total. The summed E-state index contributed by atoms with van der Waals surface area (Å²) in [5.41, 5.74) is 0.388. The van der Waals surface area contributed by atoms with Crippen molar-refractivity contribution in [1.82, 2.24) is 14.5 Å². The third kappa shape index (κ3) is 4.05. The molecule has 1 aliphatic rings. The Hall–Kier alpha value is -3.06. The van der Waals surface area contributed by atoms with E-state index in [-0.39, 0.29) is 23.1 Å². The van der Waals surface area contributed by atoms with E-state index >= 15 is 0 Å². The molecule has 0 radical (unpaired) electrons. The standard InChI is InChI=1S/C22H22FN3O3/c23-17-7-5-15(6-8-17)20(27)16-9-11-25(12-10-16)13-14-26-21(28)18-3-1-2-4-19(18)24-22(26)29/h1-8,16H,9-14H2,(H,24,29)/i23-1. The van der Waals surface area contributed by atoms with E-state index in [4.69, 9.17) is 0 Å². The van der Waals surface area contributed by atoms with Crippen LogP contribution in [-0.4, -0.2) is 39.9 Å². The van der Waals surface area contributed by atoms with Crippen LogP contribution in [0.2, 0.25) is 0 Å². The van der Waals surface area contributed by atoms with Gasteiger partial charge in [-0.3, -0.25) is 14.2 Å². The number of aromatic nitrogens is 2. The molecule has 2 heterocycles. The van der Waals surface area contributed by atoms with Crippen molar-refractivity contribution in [1.29, 1.82) is 0 Å². The summed E-state index contributed by atoms with van der Waals surface area (Å²) in [4.78, 5) is 42.4. The maximum atomic E-state index is 13.0. The Morgan fingerprint density at radius 2 is 1.69 bits per heavy atom. The minimum absolute atomic E-state index is 0.0480. The monoisotopic (exact) mass is 394 g/mol. The number of para-hydroxylation sites is 1. The molecule has 2 aromatic carbocycles. The smallest absolute Gasteiger partial charge is 0.307 e. The number of piperidine rings is 1. The quantitative estimate of drug-likeness (QED) is 0.675. The Kier molecular flexibility index (Phi) is 5.40. The van der Waals surface area contributed by atoms with Crippen molar-refractivity contribution in [2.45, 2.75) is 19.4 Å². The molecule has 0 spiro atoms. The number of nitrogens with zero attached hydrogens (tertiary/aromatic N) is 2. The lowest BCUT2D eigenvalue weighted by atomic mass is 9.89. The summed E-state index contributed by atoms with van der Waals surface area (Å²) in [6, 6.07) is 12.6. The second kappa shape index (κ2) is 8.13. The lowest BCUT2D eigenvalue weighted by Gasteiger charge is -2.31. The molecular weight excluding hydrogens is 372 g/mol. The second-order valence-electron chi connectivity index (χ2n) is 7.42. The van der Waals surface area contributed by atoms with E-state index in [2.05, 4.69) is 9.88 Å². The van der Waals surface area contributed by atoms with E-state index in [1.807, 2.05) is 0 Å². The topological polar surface area (TPSA) is 75.2 Å². The molecule has 0 atom stereocenters. The molecule has 1 fully saturated rings. The Morgan fingerprint density at radius 3 is 2.41 bits per heavy atom. The van der Waals surface area contributed by atoms with Gasteiger partial charge in [0.2, 0.25) is 0 Å². The van der Waals surface area contributed by atoms with Gasteiger partial charge in [-0.1, -0.05) is 12.1 Å². The highest BCUT2D eigenvalue weighted by Gasteiger charge is 2.25. The van der Waals surface area contributed by atoms with Crippen molar-refractivity contribution in [3.05, 3.63) is 80.7 Å². The van der Waals surface area contributed by atoms with E-state index in [0.29, 0.717) is 42.4 Å². The molecule has 1 saturated heterocycles. The van der Waals surface area contributed by atoms with Crippen LogP contribution in [0.4, 0.5) is 4.39 Å². The molecule has 1 N–H and O–H groups in total. The van der Waals surface area contributed by atoms with Gasteiger partial charge in [-0.05, 0) is 62.3 Å². The lowest BCUT2D eigenvalue weighted by molar-refractivity contribution is 0.0837. The number of aromatic amines is 1. The second-order valence-corrected chi connectivity index (χ2v) is 7.42. The van der Waals surface area contributed by atoms with Crippen LogP contribution in [0.25, 0.3) is 10.9 Å². The molecule has 0 unspecified atom stereocenters. The van der Waals surface area contributed by atoms with Crippen molar-refractivity contribution >= 4 is 16.7 Å². The number of fused-ring (bicyclic) bond motifs is 1. The van der Waals surface area contributed by atoms with Crippen molar-refractivity contribution in [3.63, 3.8) is 0 Å². The van der Waals surface area contributed by atoms with Gasteiger partial charge in [0.05, 0.1) is 10.9 Å². The predicted octanol–water partition coefficient (Wildman–Crippen LogP) is 2.42. The highest BCUT2D eigenvalue weighted by molar-refractivity contribution is 5.97. The Balaban J connectivity index is 1.38. The van der Waals surface area contributed by atoms with Crippen molar-refractivity contribution < 1.29 is 9.18 Å². The van der Waals surface area contributed by atoms with Gasteiger partial charge in [0.15, 0.2) is 5.78 Å². The molecule has 4 rings (SSSR count). The van der Waals surface area contributed by atoms with Crippen LogP contribution in [0.15, 0.2) is 58.1 Å². The average Bonchev–Trinajstić information content (AvgIpc) is 2.74. The first-order valence-corrected chi connectivity index (χ1v) is 9.77. The van der Waals surface area contributed by atoms with Crippen molar-refractivity contribution in [2.75, 3.05) is 19.6 Å². The summed E-state index contributed by atoms with van der Waals surface area (Å²) in [6.07, 6.45) is 1.42. The summed E-state index contributed by atoms with van der Waals surface area (Å²) in [5.74, 6) is -0.384. The minimum atomic E-state index is -0.407. The van der Waals surface area contributed by atoms with Gasteiger partial charge in [-0.15, -0.1) is 0 Å². The molecule has 150 valence electrons. The van der Waals surface area contributed by atoms with Crippen molar-refractivity contribution in [3.8, 4) is 0 Å². The van der Waals surface area contributed by atoms with E-state index < -0.39 is 5.69 Å². The summed E-state index contributed by atoms with van der Waals surface area (Å²) in [6.45, 7) is 2.31. The van der Waals surface area contributed by atoms with E-state index in [1.54, 1.807) is 24.3 Å². The highest BCUT2D eigenvalue weighted by Crippen LogP contribution is 2.22. The van der Waals surface area contributed by atoms with Gasteiger partial charge < -0.3 is 9.88 Å². The molecule has 0 aliphatic carbocycles. The number of Topliss-reactive ketones (excluding diaryl/α,β-unsaturated/α-hetero) is 1. The van der Waals surface area contributed by atoms with Crippen molar-refractivity contribution in [2.24, 2.45) is 5.92 Å². The number of ketones is 1. The fraction of sp³-hybridized carbons (Fsp3) is 0.318. The number of hydrogen-bond acceptors (Lipinski definition) is 4. The third-order valence-electron chi connectivity index (χ3n) is 5.62. The molecule has 0 bridgehead atoms. The first-order valence-electron chi connectivity index (χ1n) is 9.77. The molecule has 3 aromatic rings. The Bertz CT molecular complexity index is 1140. The van der Waals surface area contributed by atoms with Gasteiger partial charge in [0, 0.05) is 24.6 Å². The number of nitrogens with one attached hydrogen (secondary N) is 1. The third-order valence-corrected chi connectivity index (χ3v) is 5.62. The predicted molar refractivity (Wildman–Crippen MR) is 109 cm³/mol. The number of rotatable bonds is 5. The number of H-pyrrole nitrogens is 1. The Morgan fingerprint density at radius 1 is 1.00 bits per heavy atom. The van der Waals surface area contributed by atoms with Crippen LogP contribution < -0.4 is 11.2 Å². The summed E-state index contributed by atoms with van der Waals surface area (Å²) in [7, 11) is 0. The number of halogens is 1. The minimum Gasteiger partial charge on any atom is -0.307 e. The SMILES string of the molecule is O=C(c1ccc([18F])cc1)C1CCN(CCn2c(=O)[nH]c3ccccc3c2=O)CC1. The summed E-state index contributed by atoms with van der Waals surface area (Å²) < 4.78 is 14.3. The lowest BCUT2D eigenvalue weighted by Crippen LogP contribution is -2.42. The molecule has 1 aliphatic heterocycles. The van der Waals surface area contributed by atoms with E-state index in [9.17, 15) is 18.8 Å². The van der Waals surface area contributed by atoms with Crippen LogP contribution in [0.3, 0.4) is 0 Å². The van der Waals surface area contributed by atoms with Gasteiger partial charge in [-0.25, -0.2) is 9.18 Å². The largest absolute Gasteiger partial charge is 0.328 e. The first-order chi connectivity index (χ1) is 14.0. The zero-order valence-corrected chi connectivity index (χ0v) is 15.9. The molecule has 0 amide bonds. The average molecular weight is 394 g/mol. The number of hydrogen-bond donors (Lipinski definition) is 1. The van der Waals surface area contributed by atoms with E-state index in [1.165, 1.54) is 28.8 Å². The number of carbonyl (C=O) groups excluding carboxylic acids is 1. The molecule has 7 heteroatoms. The van der Waals surface area contributed by atoms with Crippen LogP contribution in [-0.2, 0) is 6.54 Å². The normalized spacial score (nSPS) is 15.6. The van der Waals surface area contributed by atoms with Crippen LogP contribution in [0.1, 0.15) is 23.2 Å². The van der Waals surface area contributed by atoms with Crippen LogP contribution in [0, 0.1) is 11.7 Å². The maximum absolute atomic E-state index is 13.0. The fourth-order valence-corrected chi connectivity index (χ4v) is 3.91. The van der Waals surface area contributed by atoms with Gasteiger partial charge in [0.25, 0.3) is 5.56 Å². The number of likely N-dealkylation sites (tertiary alicyclic amines) is 1.